The van der Waals surface area contributed by atoms with Gasteiger partial charge >= 0.3 is 0 Å². The lowest BCUT2D eigenvalue weighted by Crippen LogP contribution is -2.01. The summed E-state index contributed by atoms with van der Waals surface area (Å²) in [5, 5.41) is 89.8. The summed E-state index contributed by atoms with van der Waals surface area (Å²) < 4.78 is 3.31. The number of nitrogens with zero attached hydrogens (tertiary/aromatic N) is 12. The summed E-state index contributed by atoms with van der Waals surface area (Å²) in [7, 11) is 0. The zero-order chi connectivity index (χ0) is 54.8. The Morgan fingerprint density at radius 2 is 0.487 bits per heavy atom. The minimum absolute atomic E-state index is 0.0542. The molecule has 8 bridgehead atoms. The van der Waals surface area contributed by atoms with E-state index in [1.807, 2.05) is 0 Å². The van der Waals surface area contributed by atoms with Crippen LogP contribution in [0.2, 0.25) is 20.1 Å². The van der Waals surface area contributed by atoms with Crippen LogP contribution in [-0.2, 0) is 25.7 Å². The lowest BCUT2D eigenvalue weighted by Gasteiger charge is -2.18. The molecule has 12 aromatic rings. The molecule has 13 rings (SSSR count). The molecule has 4 aromatic heterocycles. The van der Waals surface area contributed by atoms with Gasteiger partial charge < -0.3 is 20.4 Å². The third-order valence-corrected chi connectivity index (χ3v) is 17.4. The zero-order valence-corrected chi connectivity index (χ0v) is 47.0. The molecule has 392 valence electrons. The molecule has 80 heavy (non-hydrogen) atoms. The first kappa shape index (κ1) is 51.5. The highest BCUT2D eigenvalue weighted by atomic mass is 35.5. The van der Waals surface area contributed by atoms with Crippen LogP contribution in [-0.4, -0.2) is 40.4 Å². The number of rotatable bonds is 8. The van der Waals surface area contributed by atoms with E-state index in [4.69, 9.17) is 46.4 Å². The van der Waals surface area contributed by atoms with E-state index in [-0.39, 0.29) is 48.7 Å². The van der Waals surface area contributed by atoms with Crippen molar-refractivity contribution in [3.05, 3.63) is 186 Å². The van der Waals surface area contributed by atoms with Gasteiger partial charge in [-0.3, -0.25) is 0 Å². The molecule has 16 nitrogen and oxygen atoms in total. The molecule has 4 heterocycles. The summed E-state index contributed by atoms with van der Waals surface area (Å²) in [5.74, 6) is -0.493. The van der Waals surface area contributed by atoms with E-state index in [9.17, 15) is 20.4 Å². The molecule has 0 saturated heterocycles. The van der Waals surface area contributed by atoms with Gasteiger partial charge in [0.15, 0.2) is 0 Å². The second-order valence-corrected chi connectivity index (χ2v) is 24.2. The predicted octanol–water partition coefficient (Wildman–Crippen LogP) is 19.9. The number of benzene rings is 8. The third kappa shape index (κ3) is 10.8. The van der Waals surface area contributed by atoms with Crippen LogP contribution < -0.4 is 0 Å². The van der Waals surface area contributed by atoms with E-state index in [1.54, 1.807) is 121 Å². The van der Waals surface area contributed by atoms with Crippen molar-refractivity contribution in [1.29, 1.82) is 0 Å². The van der Waals surface area contributed by atoms with Crippen LogP contribution >= 0.6 is 91.8 Å². The number of thiazole rings is 4. The lowest BCUT2D eigenvalue weighted by molar-refractivity contribution is 0.450. The predicted molar refractivity (Wildman–Crippen MR) is 319 cm³/mol. The van der Waals surface area contributed by atoms with Crippen LogP contribution in [0.1, 0.15) is 44.5 Å². The summed E-state index contributed by atoms with van der Waals surface area (Å²) in [5.41, 5.74) is 7.05. The van der Waals surface area contributed by atoms with Gasteiger partial charge in [-0.15, -0.1) is 40.9 Å². The normalized spacial score (nSPS) is 13.1. The summed E-state index contributed by atoms with van der Waals surface area (Å²) >= 11 is 30.4. The van der Waals surface area contributed by atoms with Crippen LogP contribution in [0, 0.1) is 0 Å². The van der Waals surface area contributed by atoms with Gasteiger partial charge in [0, 0.05) is 90.3 Å². The van der Waals surface area contributed by atoms with Gasteiger partial charge in [0.25, 0.3) is 0 Å². The SMILES string of the molecule is Oc1c2cc(N=Nc3nc4ccc(Cl)cc4s3)cc1Cc1cc(N=Nc3nc4ccc(Cl)cc4s3)cc(c1O)Cc1cc(N=Nc3nc4ccc(Cl)cc4s3)cc(c1O)Cc1cc(N=Nc3nc4ccc(Cl)cc4s3)cc(c1O)C2. The van der Waals surface area contributed by atoms with Gasteiger partial charge in [-0.1, -0.05) is 91.8 Å². The highest BCUT2D eigenvalue weighted by Gasteiger charge is 2.23. The number of fused-ring (bicyclic) bond motifs is 12. The van der Waals surface area contributed by atoms with Crippen LogP contribution in [0.4, 0.5) is 43.3 Å². The van der Waals surface area contributed by atoms with Gasteiger partial charge in [-0.2, -0.15) is 0 Å². The smallest absolute Gasteiger partial charge is 0.231 e. The molecule has 0 saturated carbocycles. The molecule has 0 spiro atoms. The van der Waals surface area contributed by atoms with Crippen LogP contribution in [0.3, 0.4) is 0 Å². The Kier molecular flexibility index (Phi) is 13.7. The number of hydrogen-bond donors (Lipinski definition) is 4. The van der Waals surface area contributed by atoms with E-state index >= 15 is 0 Å². The maximum Gasteiger partial charge on any atom is 0.231 e. The Labute approximate surface area is 488 Å². The van der Waals surface area contributed by atoms with E-state index < -0.39 is 0 Å². The van der Waals surface area contributed by atoms with E-state index in [0.29, 0.717) is 130 Å². The Morgan fingerprint density at radius 1 is 0.287 bits per heavy atom. The quantitative estimate of drug-likeness (QED) is 0.107. The van der Waals surface area contributed by atoms with Gasteiger partial charge in [-0.25, -0.2) is 19.9 Å². The van der Waals surface area contributed by atoms with Crippen molar-refractivity contribution in [1.82, 2.24) is 19.9 Å². The Morgan fingerprint density at radius 3 is 0.688 bits per heavy atom. The maximum atomic E-state index is 12.4. The second-order valence-electron chi connectivity index (χ2n) is 18.4. The minimum atomic E-state index is -0.123. The van der Waals surface area contributed by atoms with E-state index in [2.05, 4.69) is 60.8 Å². The molecule has 0 unspecified atom stereocenters. The standard InChI is InChI=1S/C56H32Cl4N12O4S4/c57-33-1-5-41-45(21-33)77-53(61-41)69-65-37-13-25-9-27-15-38(66-70-54-62-42-6-2-34(58)22-46(42)78-54)17-29(50(27)74)11-31-19-40(68-72-56-64-44-8-4-36(60)24-48(44)80-56)20-32(52(31)76)12-30-18-39(16-28(51(30)75)10-26(14-37)49(25)73)67-71-55-63-43-7-3-35(59)23-47(43)79-55/h1-8,13-24,73-76H,9-12H2. The molecule has 1 aliphatic carbocycles. The fraction of sp³-hybridized carbons (Fsp3) is 0.0714. The molecular formula is C56H32Cl4N12O4S4. The van der Waals surface area contributed by atoms with Crippen molar-refractivity contribution in [3.8, 4) is 23.0 Å². The highest BCUT2D eigenvalue weighted by Crippen LogP contribution is 2.44. The van der Waals surface area contributed by atoms with Crippen molar-refractivity contribution in [2.45, 2.75) is 25.7 Å². The first-order valence-corrected chi connectivity index (χ1v) is 28.8. The number of phenolic OH excluding ortho intramolecular Hbond substituents is 4. The summed E-state index contributed by atoms with van der Waals surface area (Å²) in [6.45, 7) is 0. The summed E-state index contributed by atoms with van der Waals surface area (Å²) in [6, 6.07) is 34.8. The first-order chi connectivity index (χ1) is 38.7. The molecule has 0 atom stereocenters. The van der Waals surface area contributed by atoms with Crippen molar-refractivity contribution in [2.24, 2.45) is 40.9 Å². The first-order valence-electron chi connectivity index (χ1n) is 24.1. The number of azo groups is 4. The average molecular weight is 1210 g/mol. The molecular weight excluding hydrogens is 1170 g/mol. The molecule has 0 fully saturated rings. The summed E-state index contributed by atoms with van der Waals surface area (Å²) in [4.78, 5) is 18.5. The van der Waals surface area contributed by atoms with E-state index in [0.717, 1.165) is 18.8 Å². The number of halogens is 4. The van der Waals surface area contributed by atoms with Crippen molar-refractivity contribution in [3.63, 3.8) is 0 Å². The number of aromatic hydroxyl groups is 4. The van der Waals surface area contributed by atoms with Gasteiger partial charge in [0.05, 0.1) is 63.6 Å². The fourth-order valence-corrected chi connectivity index (χ4v) is 13.5. The maximum absolute atomic E-state index is 12.4. The van der Waals surface area contributed by atoms with Gasteiger partial charge in [0.1, 0.15) is 23.0 Å². The third-order valence-electron chi connectivity index (χ3n) is 12.9. The molecule has 0 aliphatic heterocycles. The summed E-state index contributed by atoms with van der Waals surface area (Å²) in [6.07, 6.45) is -0.217. The molecule has 24 heteroatoms. The molecule has 0 radical (unpaired) electrons. The Balaban J connectivity index is 0.972. The number of hydrogen-bond acceptors (Lipinski definition) is 20. The van der Waals surface area contributed by atoms with Crippen molar-refractivity contribution >= 4 is 176 Å². The average Bonchev–Trinajstić information content (AvgIpc) is 4.25. The van der Waals surface area contributed by atoms with E-state index in [1.165, 1.54) is 45.3 Å². The highest BCUT2D eigenvalue weighted by molar-refractivity contribution is 7.23. The fourth-order valence-electron chi connectivity index (χ4n) is 9.21. The van der Waals surface area contributed by atoms with Gasteiger partial charge in [0.2, 0.25) is 20.5 Å². The molecule has 1 aliphatic rings. The van der Waals surface area contributed by atoms with Crippen LogP contribution in [0.15, 0.2) is 162 Å². The van der Waals surface area contributed by atoms with Crippen molar-refractivity contribution < 1.29 is 20.4 Å². The minimum Gasteiger partial charge on any atom is -0.507 e. The molecule has 0 amide bonds. The van der Waals surface area contributed by atoms with Crippen LogP contribution in [0.25, 0.3) is 40.9 Å². The monoisotopic (exact) mass is 1200 g/mol. The van der Waals surface area contributed by atoms with Gasteiger partial charge in [-0.05, 0) is 121 Å². The largest absolute Gasteiger partial charge is 0.507 e. The zero-order valence-electron chi connectivity index (χ0n) is 40.7. The number of aromatic nitrogens is 4. The number of phenols is 4. The second kappa shape index (κ2) is 21.3. The lowest BCUT2D eigenvalue weighted by atomic mass is 9.90. The molecule has 4 N–H and O–H groups in total. The Bertz CT molecular complexity index is 3980. The topological polar surface area (TPSA) is 231 Å². The van der Waals surface area contributed by atoms with Crippen molar-refractivity contribution in [2.75, 3.05) is 0 Å². The Hall–Kier alpha value is -7.92. The molecule has 8 aromatic carbocycles. The van der Waals surface area contributed by atoms with Crippen LogP contribution in [0.5, 0.6) is 23.0 Å².